The van der Waals surface area contributed by atoms with Gasteiger partial charge < -0.3 is 10.1 Å². The minimum Gasteiger partial charge on any atom is -0.488 e. The first-order valence-electron chi connectivity index (χ1n) is 10.3. The van der Waals surface area contributed by atoms with Gasteiger partial charge in [0.15, 0.2) is 5.17 Å². The van der Waals surface area contributed by atoms with Crippen LogP contribution in [0, 0.1) is 0 Å². The fourth-order valence-electron chi connectivity index (χ4n) is 3.52. The summed E-state index contributed by atoms with van der Waals surface area (Å²) < 4.78 is 6.18. The van der Waals surface area contributed by atoms with Gasteiger partial charge in [-0.15, -0.1) is 0 Å². The number of nitrogens with zero attached hydrogens (tertiary/aromatic N) is 1. The maximum absolute atomic E-state index is 12.7. The third kappa shape index (κ3) is 4.43. The van der Waals surface area contributed by atoms with E-state index in [9.17, 15) is 4.79 Å². The van der Waals surface area contributed by atoms with Crippen molar-refractivity contribution >= 4 is 45.4 Å². The van der Waals surface area contributed by atoms with Gasteiger partial charge >= 0.3 is 0 Å². The fraction of sp³-hybridized carbons (Fsp3) is 0.0370. The zero-order valence-corrected chi connectivity index (χ0v) is 18.0. The number of amidine groups is 1. The lowest BCUT2D eigenvalue weighted by molar-refractivity contribution is -0.115. The Balaban J connectivity index is 1.50. The van der Waals surface area contributed by atoms with E-state index in [2.05, 4.69) is 16.4 Å². The zero-order valence-electron chi connectivity index (χ0n) is 17.2. The SMILES string of the molecule is O=C1NC(=Nc2ccccc2)S/C1=C\c1c(OCc2ccccc2)ccc2ccccc12. The minimum absolute atomic E-state index is 0.161. The summed E-state index contributed by atoms with van der Waals surface area (Å²) >= 11 is 1.34. The lowest BCUT2D eigenvalue weighted by Crippen LogP contribution is -2.19. The van der Waals surface area contributed by atoms with E-state index < -0.39 is 0 Å². The number of para-hydroxylation sites is 1. The molecule has 4 nitrogen and oxygen atoms in total. The number of carbonyl (C=O) groups excluding carboxylic acids is 1. The normalized spacial score (nSPS) is 15.9. The summed E-state index contributed by atoms with van der Waals surface area (Å²) in [5, 5.41) is 5.56. The summed E-state index contributed by atoms with van der Waals surface area (Å²) in [5.74, 6) is 0.577. The average Bonchev–Trinajstić information content (AvgIpc) is 3.18. The summed E-state index contributed by atoms with van der Waals surface area (Å²) in [7, 11) is 0. The highest BCUT2D eigenvalue weighted by Crippen LogP contribution is 2.35. The van der Waals surface area contributed by atoms with Gasteiger partial charge in [-0.05, 0) is 52.4 Å². The molecule has 0 aliphatic carbocycles. The van der Waals surface area contributed by atoms with Crippen molar-refractivity contribution in [1.82, 2.24) is 5.32 Å². The van der Waals surface area contributed by atoms with E-state index in [1.807, 2.05) is 97.1 Å². The molecule has 5 rings (SSSR count). The second kappa shape index (κ2) is 9.12. The number of ether oxygens (including phenoxy) is 1. The number of nitrogens with one attached hydrogen (secondary N) is 1. The first-order valence-corrected chi connectivity index (χ1v) is 11.1. The van der Waals surface area contributed by atoms with Gasteiger partial charge in [-0.1, -0.05) is 78.9 Å². The first-order chi connectivity index (χ1) is 15.8. The van der Waals surface area contributed by atoms with Crippen LogP contribution in [0.1, 0.15) is 11.1 Å². The Bertz CT molecular complexity index is 1330. The molecule has 5 heteroatoms. The molecule has 0 spiro atoms. The van der Waals surface area contributed by atoms with E-state index in [0.29, 0.717) is 16.7 Å². The average molecular weight is 437 g/mol. The van der Waals surface area contributed by atoms with Gasteiger partial charge in [-0.3, -0.25) is 4.79 Å². The number of fused-ring (bicyclic) bond motifs is 1. The number of carbonyl (C=O) groups is 1. The van der Waals surface area contributed by atoms with Crippen LogP contribution in [0.2, 0.25) is 0 Å². The van der Waals surface area contributed by atoms with Crippen molar-refractivity contribution in [3.05, 3.63) is 113 Å². The van der Waals surface area contributed by atoms with Crippen LogP contribution in [-0.4, -0.2) is 11.1 Å². The van der Waals surface area contributed by atoms with Gasteiger partial charge in [-0.25, -0.2) is 4.99 Å². The van der Waals surface area contributed by atoms with Gasteiger partial charge in [0.1, 0.15) is 12.4 Å². The van der Waals surface area contributed by atoms with Crippen molar-refractivity contribution < 1.29 is 9.53 Å². The number of aliphatic imine (C=N–C) groups is 1. The van der Waals surface area contributed by atoms with E-state index in [4.69, 9.17) is 4.74 Å². The van der Waals surface area contributed by atoms with Crippen LogP contribution < -0.4 is 10.1 Å². The standard InChI is InChI=1S/C27H20N2O2S/c30-26-25(32-27(29-26)28-21-12-5-2-6-13-21)17-23-22-14-8-7-11-20(22)15-16-24(23)31-18-19-9-3-1-4-10-19/h1-17H,18H2,(H,28,29,30)/b25-17-. The van der Waals surface area contributed by atoms with Crippen molar-refractivity contribution in [1.29, 1.82) is 0 Å². The highest BCUT2D eigenvalue weighted by atomic mass is 32.2. The number of amides is 1. The molecule has 0 aromatic heterocycles. The second-order valence-electron chi connectivity index (χ2n) is 7.29. The van der Waals surface area contributed by atoms with Crippen LogP contribution in [0.3, 0.4) is 0 Å². The third-order valence-electron chi connectivity index (χ3n) is 5.08. The maximum atomic E-state index is 12.7. The molecule has 0 saturated carbocycles. The molecule has 0 atom stereocenters. The molecule has 1 saturated heterocycles. The molecule has 0 bridgehead atoms. The van der Waals surface area contributed by atoms with Gasteiger partial charge in [0.05, 0.1) is 10.6 Å². The van der Waals surface area contributed by atoms with Crippen molar-refractivity contribution in [2.75, 3.05) is 0 Å². The minimum atomic E-state index is -0.161. The fourth-order valence-corrected chi connectivity index (χ4v) is 4.34. The van der Waals surface area contributed by atoms with Crippen LogP contribution in [0.25, 0.3) is 16.8 Å². The van der Waals surface area contributed by atoms with Crippen LogP contribution in [0.15, 0.2) is 107 Å². The molecule has 4 aromatic rings. The highest BCUT2D eigenvalue weighted by molar-refractivity contribution is 8.18. The molecule has 1 N–H and O–H groups in total. The molecule has 1 heterocycles. The van der Waals surface area contributed by atoms with E-state index >= 15 is 0 Å². The molecule has 156 valence electrons. The lowest BCUT2D eigenvalue weighted by atomic mass is 10.0. The second-order valence-corrected chi connectivity index (χ2v) is 8.32. The van der Waals surface area contributed by atoms with Gasteiger partial charge in [0, 0.05) is 5.56 Å². The summed E-state index contributed by atoms with van der Waals surface area (Å²) in [4.78, 5) is 17.8. The Labute approximate surface area is 190 Å². The number of hydrogen-bond acceptors (Lipinski definition) is 4. The summed E-state index contributed by atoms with van der Waals surface area (Å²) in [6, 6.07) is 31.7. The summed E-state index contributed by atoms with van der Waals surface area (Å²) in [5.41, 5.74) is 2.77. The predicted molar refractivity (Wildman–Crippen MR) is 132 cm³/mol. The number of rotatable bonds is 5. The quantitative estimate of drug-likeness (QED) is 0.373. The molecule has 0 unspecified atom stereocenters. The highest BCUT2D eigenvalue weighted by Gasteiger charge is 2.24. The van der Waals surface area contributed by atoms with Crippen molar-refractivity contribution in [2.24, 2.45) is 4.99 Å². The Hall–Kier alpha value is -3.83. The summed E-state index contributed by atoms with van der Waals surface area (Å²) in [6.45, 7) is 0.454. The van der Waals surface area contributed by atoms with E-state index in [0.717, 1.165) is 33.3 Å². The first kappa shape index (κ1) is 20.1. The van der Waals surface area contributed by atoms with Crippen molar-refractivity contribution in [3.8, 4) is 5.75 Å². The molecule has 0 radical (unpaired) electrons. The Morgan fingerprint density at radius 3 is 2.38 bits per heavy atom. The van der Waals surface area contributed by atoms with Gasteiger partial charge in [0.2, 0.25) is 0 Å². The Morgan fingerprint density at radius 2 is 1.56 bits per heavy atom. The molecule has 1 aliphatic rings. The van der Waals surface area contributed by atoms with Crippen molar-refractivity contribution in [3.63, 3.8) is 0 Å². The molecule has 1 amide bonds. The Morgan fingerprint density at radius 1 is 0.844 bits per heavy atom. The van der Waals surface area contributed by atoms with Crippen molar-refractivity contribution in [2.45, 2.75) is 6.61 Å². The molecule has 4 aromatic carbocycles. The molecule has 32 heavy (non-hydrogen) atoms. The van der Waals surface area contributed by atoms with E-state index in [-0.39, 0.29) is 5.91 Å². The lowest BCUT2D eigenvalue weighted by Gasteiger charge is -2.12. The van der Waals surface area contributed by atoms with Crippen LogP contribution >= 0.6 is 11.8 Å². The predicted octanol–water partition coefficient (Wildman–Crippen LogP) is 6.31. The van der Waals surface area contributed by atoms with E-state index in [1.165, 1.54) is 11.8 Å². The topological polar surface area (TPSA) is 50.7 Å². The Kier molecular flexibility index (Phi) is 5.73. The monoisotopic (exact) mass is 436 g/mol. The largest absolute Gasteiger partial charge is 0.488 e. The van der Waals surface area contributed by atoms with Crippen LogP contribution in [0.4, 0.5) is 5.69 Å². The number of thioether (sulfide) groups is 1. The number of benzene rings is 4. The van der Waals surface area contributed by atoms with Crippen LogP contribution in [0.5, 0.6) is 5.75 Å². The maximum Gasteiger partial charge on any atom is 0.264 e. The number of hydrogen-bond donors (Lipinski definition) is 1. The molecular weight excluding hydrogens is 416 g/mol. The summed E-state index contributed by atoms with van der Waals surface area (Å²) in [6.07, 6.45) is 1.90. The molecule has 1 aliphatic heterocycles. The molecule has 1 fully saturated rings. The smallest absolute Gasteiger partial charge is 0.264 e. The molecular formula is C27H20N2O2S. The third-order valence-corrected chi connectivity index (χ3v) is 5.99. The van der Waals surface area contributed by atoms with E-state index in [1.54, 1.807) is 0 Å². The zero-order chi connectivity index (χ0) is 21.8. The van der Waals surface area contributed by atoms with Crippen LogP contribution in [-0.2, 0) is 11.4 Å². The van der Waals surface area contributed by atoms with Gasteiger partial charge in [0.25, 0.3) is 5.91 Å². The van der Waals surface area contributed by atoms with Gasteiger partial charge in [-0.2, -0.15) is 0 Å².